The predicted molar refractivity (Wildman–Crippen MR) is 81.1 cm³/mol. The van der Waals surface area contributed by atoms with Crippen LogP contribution >= 0.6 is 11.8 Å². The largest absolute Gasteiger partial charge is 0.290 e. The fraction of sp³-hybridized carbons (Fsp3) is 0.385. The lowest BCUT2D eigenvalue weighted by Gasteiger charge is -2.15. The average Bonchev–Trinajstić information content (AvgIpc) is 2.31. The van der Waals surface area contributed by atoms with Crippen molar-refractivity contribution >= 4 is 30.7 Å². The van der Waals surface area contributed by atoms with Crippen LogP contribution in [0.3, 0.4) is 0 Å². The summed E-state index contributed by atoms with van der Waals surface area (Å²) in [5, 5.41) is 2.59. The van der Waals surface area contributed by atoms with E-state index in [2.05, 4.69) is 24.6 Å². The molecule has 0 aliphatic rings. The second-order valence-corrected chi connectivity index (χ2v) is 12.6. The molecule has 0 spiro atoms. The molecule has 18 heavy (non-hydrogen) atoms. The SMILES string of the molecule is Cn1c(SC[Si](C)(C)C)nc2ccccc2c1=O. The first-order chi connectivity index (χ1) is 8.38. The Morgan fingerprint density at radius 3 is 2.61 bits per heavy atom. The number of hydrogen-bond donors (Lipinski definition) is 0. The van der Waals surface area contributed by atoms with Gasteiger partial charge in [0, 0.05) is 7.05 Å². The van der Waals surface area contributed by atoms with Gasteiger partial charge >= 0.3 is 0 Å². The smallest absolute Gasteiger partial charge is 0.261 e. The molecular weight excluding hydrogens is 260 g/mol. The van der Waals surface area contributed by atoms with Crippen LogP contribution in [0.25, 0.3) is 10.9 Å². The highest BCUT2D eigenvalue weighted by atomic mass is 32.2. The second-order valence-electron chi connectivity index (χ2n) is 5.63. The molecular formula is C13H18N2OSSi. The van der Waals surface area contributed by atoms with Gasteiger partial charge in [0.1, 0.15) is 0 Å². The van der Waals surface area contributed by atoms with Crippen molar-refractivity contribution in [3.8, 4) is 0 Å². The first-order valence-electron chi connectivity index (χ1n) is 5.97. The number of rotatable bonds is 3. The van der Waals surface area contributed by atoms with Crippen molar-refractivity contribution in [2.75, 3.05) is 5.38 Å². The zero-order valence-corrected chi connectivity index (χ0v) is 13.0. The number of hydrogen-bond acceptors (Lipinski definition) is 3. The highest BCUT2D eigenvalue weighted by molar-refractivity contribution is 8.00. The molecule has 0 aliphatic carbocycles. The Balaban J connectivity index is 2.46. The van der Waals surface area contributed by atoms with Gasteiger partial charge in [-0.15, -0.1) is 0 Å². The summed E-state index contributed by atoms with van der Waals surface area (Å²) in [6.07, 6.45) is 0. The van der Waals surface area contributed by atoms with Crippen molar-refractivity contribution in [2.45, 2.75) is 24.8 Å². The molecule has 0 radical (unpaired) electrons. The van der Waals surface area contributed by atoms with Gasteiger partial charge in [0.05, 0.1) is 19.0 Å². The van der Waals surface area contributed by atoms with Gasteiger partial charge in [-0.25, -0.2) is 4.98 Å². The maximum Gasteiger partial charge on any atom is 0.261 e. The highest BCUT2D eigenvalue weighted by Gasteiger charge is 2.16. The molecule has 1 heterocycles. The van der Waals surface area contributed by atoms with Gasteiger partial charge in [-0.3, -0.25) is 9.36 Å². The Bertz CT molecular complexity index is 631. The number of para-hydroxylation sites is 1. The summed E-state index contributed by atoms with van der Waals surface area (Å²) in [5.74, 6) is 0. The van der Waals surface area contributed by atoms with E-state index >= 15 is 0 Å². The van der Waals surface area contributed by atoms with Gasteiger partial charge in [0.15, 0.2) is 5.16 Å². The molecule has 0 saturated heterocycles. The molecule has 0 N–H and O–H groups in total. The van der Waals surface area contributed by atoms with Crippen LogP contribution in [0.5, 0.6) is 0 Å². The lowest BCUT2D eigenvalue weighted by Crippen LogP contribution is -2.26. The molecule has 3 nitrogen and oxygen atoms in total. The summed E-state index contributed by atoms with van der Waals surface area (Å²) in [4.78, 5) is 16.8. The lowest BCUT2D eigenvalue weighted by molar-refractivity contribution is 0.727. The first-order valence-corrected chi connectivity index (χ1v) is 10.7. The standard InChI is InChI=1S/C13H18N2OSSi/c1-15-12(16)10-7-5-6-8-11(10)14-13(15)17-9-18(2,3)4/h5-8H,9H2,1-4H3. The van der Waals surface area contributed by atoms with Gasteiger partial charge in [-0.2, -0.15) is 0 Å². The summed E-state index contributed by atoms with van der Waals surface area (Å²) in [6, 6.07) is 7.52. The molecule has 5 heteroatoms. The maximum atomic E-state index is 12.2. The summed E-state index contributed by atoms with van der Waals surface area (Å²) in [6.45, 7) is 6.96. The molecule has 0 saturated carbocycles. The third-order valence-electron chi connectivity index (χ3n) is 2.58. The molecule has 0 unspecified atom stereocenters. The second kappa shape index (κ2) is 4.89. The maximum absolute atomic E-state index is 12.2. The van der Waals surface area contributed by atoms with Gasteiger partial charge in [-0.05, 0) is 17.5 Å². The van der Waals surface area contributed by atoms with Crippen LogP contribution in [0.4, 0.5) is 0 Å². The topological polar surface area (TPSA) is 34.9 Å². The third kappa shape index (κ3) is 2.84. The molecule has 2 aromatic rings. The monoisotopic (exact) mass is 278 g/mol. The molecule has 1 aromatic heterocycles. The molecule has 0 amide bonds. The van der Waals surface area contributed by atoms with Crippen molar-refractivity contribution in [1.29, 1.82) is 0 Å². The number of nitrogens with zero attached hydrogens (tertiary/aromatic N) is 2. The highest BCUT2D eigenvalue weighted by Crippen LogP contribution is 2.20. The minimum Gasteiger partial charge on any atom is -0.290 e. The van der Waals surface area contributed by atoms with Gasteiger partial charge < -0.3 is 0 Å². The van der Waals surface area contributed by atoms with E-state index in [9.17, 15) is 4.79 Å². The minimum atomic E-state index is -1.14. The molecule has 2 rings (SSSR count). The van der Waals surface area contributed by atoms with Gasteiger partial charge in [0.25, 0.3) is 5.56 Å². The molecule has 0 atom stereocenters. The fourth-order valence-electron chi connectivity index (χ4n) is 1.61. The molecule has 0 bridgehead atoms. The molecule has 96 valence electrons. The van der Waals surface area contributed by atoms with Gasteiger partial charge in [-0.1, -0.05) is 43.5 Å². The zero-order valence-electron chi connectivity index (χ0n) is 11.2. The van der Waals surface area contributed by atoms with E-state index in [1.807, 2.05) is 24.3 Å². The number of thioether (sulfide) groups is 1. The van der Waals surface area contributed by atoms with Crippen molar-refractivity contribution in [3.63, 3.8) is 0 Å². The van der Waals surface area contributed by atoms with Gasteiger partial charge in [0.2, 0.25) is 0 Å². The van der Waals surface area contributed by atoms with Crippen LogP contribution < -0.4 is 5.56 Å². The van der Waals surface area contributed by atoms with Crippen LogP contribution in [-0.4, -0.2) is 23.0 Å². The molecule has 0 fully saturated rings. The van der Waals surface area contributed by atoms with Crippen LogP contribution in [0.15, 0.2) is 34.2 Å². The van der Waals surface area contributed by atoms with E-state index in [1.165, 1.54) is 0 Å². The van der Waals surface area contributed by atoms with E-state index in [4.69, 9.17) is 0 Å². The Morgan fingerprint density at radius 1 is 1.28 bits per heavy atom. The summed E-state index contributed by atoms with van der Waals surface area (Å²) < 4.78 is 1.66. The summed E-state index contributed by atoms with van der Waals surface area (Å²) >= 11 is 1.70. The molecule has 0 aliphatic heterocycles. The lowest BCUT2D eigenvalue weighted by atomic mass is 10.2. The summed E-state index contributed by atoms with van der Waals surface area (Å²) in [5.41, 5.74) is 0.831. The van der Waals surface area contributed by atoms with Crippen LogP contribution in [-0.2, 0) is 7.05 Å². The quantitative estimate of drug-likeness (QED) is 0.492. The van der Waals surface area contributed by atoms with Crippen LogP contribution in [0, 0.1) is 0 Å². The van der Waals surface area contributed by atoms with E-state index < -0.39 is 8.07 Å². The number of aromatic nitrogens is 2. The fourth-order valence-corrected chi connectivity index (χ4v) is 4.30. The minimum absolute atomic E-state index is 0.0404. The van der Waals surface area contributed by atoms with E-state index in [1.54, 1.807) is 23.4 Å². The van der Waals surface area contributed by atoms with E-state index in [0.717, 1.165) is 16.0 Å². The van der Waals surface area contributed by atoms with Crippen molar-refractivity contribution in [1.82, 2.24) is 9.55 Å². The van der Waals surface area contributed by atoms with E-state index in [-0.39, 0.29) is 5.56 Å². The predicted octanol–water partition coefficient (Wildman–Crippen LogP) is 2.90. The first kappa shape index (κ1) is 13.4. The number of benzene rings is 1. The normalized spacial score (nSPS) is 12.0. The van der Waals surface area contributed by atoms with Crippen molar-refractivity contribution in [2.24, 2.45) is 7.05 Å². The van der Waals surface area contributed by atoms with Crippen LogP contribution in [0.1, 0.15) is 0 Å². The van der Waals surface area contributed by atoms with Crippen molar-refractivity contribution in [3.05, 3.63) is 34.6 Å². The Morgan fingerprint density at radius 2 is 1.94 bits per heavy atom. The zero-order chi connectivity index (χ0) is 13.3. The van der Waals surface area contributed by atoms with Crippen LogP contribution in [0.2, 0.25) is 19.6 Å². The number of fused-ring (bicyclic) bond motifs is 1. The average molecular weight is 278 g/mol. The van der Waals surface area contributed by atoms with Crippen molar-refractivity contribution < 1.29 is 0 Å². The Kier molecular flexibility index (Phi) is 3.63. The van der Waals surface area contributed by atoms with E-state index in [0.29, 0.717) is 5.39 Å². The Labute approximate surface area is 112 Å². The third-order valence-corrected chi connectivity index (χ3v) is 7.24. The summed E-state index contributed by atoms with van der Waals surface area (Å²) in [7, 11) is 0.660. The molecule has 1 aromatic carbocycles. The Hall–Kier alpha value is -1.07.